The third kappa shape index (κ3) is 5.05. The number of furan rings is 1. The van der Waals surface area contributed by atoms with Crippen LogP contribution in [0.25, 0.3) is 0 Å². The molecule has 2 amide bonds. The van der Waals surface area contributed by atoms with E-state index in [2.05, 4.69) is 10.6 Å². The van der Waals surface area contributed by atoms with Crippen LogP contribution in [0.15, 0.2) is 46.4 Å². The third-order valence-electron chi connectivity index (χ3n) is 4.11. The van der Waals surface area contributed by atoms with Crippen molar-refractivity contribution in [1.82, 2.24) is 0 Å². The molecule has 0 fully saturated rings. The van der Waals surface area contributed by atoms with Crippen LogP contribution in [0.4, 0.5) is 10.7 Å². The zero-order valence-corrected chi connectivity index (χ0v) is 17.8. The van der Waals surface area contributed by atoms with Crippen molar-refractivity contribution in [2.75, 3.05) is 31.5 Å². The number of methoxy groups -OCH3 is 2. The molecule has 1 aromatic carbocycles. The first kappa shape index (κ1) is 22.4. The van der Waals surface area contributed by atoms with Crippen molar-refractivity contribution >= 4 is 39.8 Å². The summed E-state index contributed by atoms with van der Waals surface area (Å²) in [6, 6.07) is 9.22. The van der Waals surface area contributed by atoms with E-state index in [1.807, 2.05) is 6.07 Å². The molecule has 0 radical (unpaired) electrons. The lowest BCUT2D eigenvalue weighted by molar-refractivity contribution is -0.119. The second-order valence-electron chi connectivity index (χ2n) is 6.08. The number of rotatable bonds is 8. The number of thiophene rings is 1. The Bertz CT molecular complexity index is 1180. The Hall–Kier alpha value is -4.30. The topological polar surface area (TPSA) is 140 Å². The molecule has 0 unspecified atom stereocenters. The van der Waals surface area contributed by atoms with Gasteiger partial charge in [0.15, 0.2) is 23.9 Å². The number of benzene rings is 1. The van der Waals surface area contributed by atoms with Crippen LogP contribution in [0.1, 0.15) is 26.5 Å². The van der Waals surface area contributed by atoms with Gasteiger partial charge in [-0.15, -0.1) is 11.3 Å². The van der Waals surface area contributed by atoms with E-state index in [1.165, 1.54) is 50.0 Å². The molecule has 0 bridgehead atoms. The zero-order valence-electron chi connectivity index (χ0n) is 17.0. The summed E-state index contributed by atoms with van der Waals surface area (Å²) in [6.45, 7) is -0.610. The molecule has 164 valence electrons. The highest BCUT2D eigenvalue weighted by molar-refractivity contribution is 7.14. The molecule has 0 spiro atoms. The Morgan fingerprint density at radius 2 is 1.88 bits per heavy atom. The van der Waals surface area contributed by atoms with Gasteiger partial charge < -0.3 is 29.3 Å². The molecule has 0 aliphatic carbocycles. The van der Waals surface area contributed by atoms with Gasteiger partial charge >= 0.3 is 5.97 Å². The van der Waals surface area contributed by atoms with Crippen LogP contribution < -0.4 is 20.1 Å². The first-order valence-corrected chi connectivity index (χ1v) is 9.90. The van der Waals surface area contributed by atoms with E-state index in [1.54, 1.807) is 17.5 Å². The van der Waals surface area contributed by atoms with Crippen LogP contribution in [0.5, 0.6) is 11.5 Å². The molecule has 3 aromatic rings. The summed E-state index contributed by atoms with van der Waals surface area (Å²) in [5, 5.41) is 16.1. The maximum atomic E-state index is 12.7. The summed E-state index contributed by atoms with van der Waals surface area (Å²) >= 11 is 1.17. The number of carbonyl (C=O) groups is 3. The standard InChI is InChI=1S/C21H17N3O7S/c1-28-16-8-13(14(9-17(16)29-2)23-19(26)15-4-3-6-30-15)21(27)31-11-18(25)24-20-12(10-22)5-7-32-20/h3-9H,11H2,1-2H3,(H,23,26)(H,24,25). The summed E-state index contributed by atoms with van der Waals surface area (Å²) < 4.78 is 20.6. The van der Waals surface area contributed by atoms with Gasteiger partial charge in [0.25, 0.3) is 11.8 Å². The van der Waals surface area contributed by atoms with E-state index in [0.29, 0.717) is 10.6 Å². The highest BCUT2D eigenvalue weighted by Gasteiger charge is 2.22. The number of hydrogen-bond donors (Lipinski definition) is 2. The molecule has 2 heterocycles. The minimum Gasteiger partial charge on any atom is -0.493 e. The fraction of sp³-hybridized carbons (Fsp3) is 0.143. The molecule has 0 saturated carbocycles. The normalized spacial score (nSPS) is 10.0. The summed E-state index contributed by atoms with van der Waals surface area (Å²) in [5.41, 5.74) is 0.307. The van der Waals surface area contributed by atoms with E-state index in [4.69, 9.17) is 23.9 Å². The molecule has 0 aliphatic heterocycles. The predicted molar refractivity (Wildman–Crippen MR) is 114 cm³/mol. The molecular weight excluding hydrogens is 438 g/mol. The second kappa shape index (κ2) is 10.1. The summed E-state index contributed by atoms with van der Waals surface area (Å²) in [6.07, 6.45) is 1.34. The Morgan fingerprint density at radius 3 is 2.53 bits per heavy atom. The van der Waals surface area contributed by atoms with E-state index in [-0.39, 0.29) is 28.5 Å². The summed E-state index contributed by atoms with van der Waals surface area (Å²) in [5.74, 6) is -1.60. The first-order valence-electron chi connectivity index (χ1n) is 9.02. The number of ether oxygens (including phenoxy) is 3. The van der Waals surface area contributed by atoms with Crippen molar-refractivity contribution < 1.29 is 33.0 Å². The number of nitrogens with zero attached hydrogens (tertiary/aromatic N) is 1. The molecule has 11 heteroatoms. The van der Waals surface area contributed by atoms with Crippen LogP contribution in [0.2, 0.25) is 0 Å². The van der Waals surface area contributed by atoms with Gasteiger partial charge in [0.05, 0.1) is 37.3 Å². The summed E-state index contributed by atoms with van der Waals surface area (Å²) in [4.78, 5) is 37.2. The first-order chi connectivity index (χ1) is 15.5. The highest BCUT2D eigenvalue weighted by atomic mass is 32.1. The van der Waals surface area contributed by atoms with E-state index < -0.39 is 24.4 Å². The minimum atomic E-state index is -0.887. The van der Waals surface area contributed by atoms with E-state index in [0.717, 1.165) is 0 Å². The smallest absolute Gasteiger partial charge is 0.340 e. The molecule has 2 aromatic heterocycles. The Morgan fingerprint density at radius 1 is 1.12 bits per heavy atom. The number of esters is 1. The quantitative estimate of drug-likeness (QED) is 0.493. The van der Waals surface area contributed by atoms with Gasteiger partial charge in [-0.3, -0.25) is 9.59 Å². The van der Waals surface area contributed by atoms with Gasteiger partial charge in [-0.1, -0.05) is 0 Å². The van der Waals surface area contributed by atoms with Crippen LogP contribution in [-0.2, 0) is 9.53 Å². The van der Waals surface area contributed by atoms with E-state index >= 15 is 0 Å². The fourth-order valence-electron chi connectivity index (χ4n) is 2.61. The van der Waals surface area contributed by atoms with Crippen molar-refractivity contribution in [3.05, 3.63) is 58.9 Å². The second-order valence-corrected chi connectivity index (χ2v) is 7.00. The molecule has 10 nitrogen and oxygen atoms in total. The van der Waals surface area contributed by atoms with Crippen LogP contribution in [-0.4, -0.2) is 38.6 Å². The number of nitrogens with one attached hydrogen (secondary N) is 2. The fourth-order valence-corrected chi connectivity index (χ4v) is 3.36. The number of hydrogen-bond acceptors (Lipinski definition) is 9. The number of nitriles is 1. The average molecular weight is 455 g/mol. The van der Waals surface area contributed by atoms with Gasteiger partial charge in [0, 0.05) is 12.1 Å². The maximum absolute atomic E-state index is 12.7. The molecule has 32 heavy (non-hydrogen) atoms. The van der Waals surface area contributed by atoms with Crippen molar-refractivity contribution in [1.29, 1.82) is 5.26 Å². The van der Waals surface area contributed by atoms with Gasteiger partial charge in [-0.2, -0.15) is 5.26 Å². The lowest BCUT2D eigenvalue weighted by atomic mass is 10.1. The largest absolute Gasteiger partial charge is 0.493 e. The molecule has 0 atom stereocenters. The van der Waals surface area contributed by atoms with Gasteiger partial charge in [-0.25, -0.2) is 4.79 Å². The van der Waals surface area contributed by atoms with Gasteiger partial charge in [0.2, 0.25) is 0 Å². The Balaban J connectivity index is 1.78. The summed E-state index contributed by atoms with van der Waals surface area (Å²) in [7, 11) is 2.79. The zero-order chi connectivity index (χ0) is 23.1. The molecule has 2 N–H and O–H groups in total. The Labute approximate surface area is 186 Å². The minimum absolute atomic E-state index is 0.0303. The average Bonchev–Trinajstić information content (AvgIpc) is 3.49. The van der Waals surface area contributed by atoms with Gasteiger partial charge in [0.1, 0.15) is 11.1 Å². The lowest BCUT2D eigenvalue weighted by Gasteiger charge is -2.15. The van der Waals surface area contributed by atoms with Crippen molar-refractivity contribution in [2.45, 2.75) is 0 Å². The number of anilines is 2. The molecular formula is C21H17N3O7S. The lowest BCUT2D eigenvalue weighted by Crippen LogP contribution is -2.22. The predicted octanol–water partition coefficient (Wildman–Crippen LogP) is 3.28. The third-order valence-corrected chi connectivity index (χ3v) is 4.94. The van der Waals surface area contributed by atoms with Crippen LogP contribution in [0, 0.1) is 11.3 Å². The van der Waals surface area contributed by atoms with Gasteiger partial charge in [-0.05, 0) is 23.6 Å². The van der Waals surface area contributed by atoms with Crippen LogP contribution in [0.3, 0.4) is 0 Å². The van der Waals surface area contributed by atoms with Crippen molar-refractivity contribution in [3.63, 3.8) is 0 Å². The highest BCUT2D eigenvalue weighted by Crippen LogP contribution is 2.34. The maximum Gasteiger partial charge on any atom is 0.340 e. The number of carbonyl (C=O) groups excluding carboxylic acids is 3. The van der Waals surface area contributed by atoms with E-state index in [9.17, 15) is 14.4 Å². The van der Waals surface area contributed by atoms with Crippen molar-refractivity contribution in [3.8, 4) is 17.6 Å². The Kier molecular flexibility index (Phi) is 7.09. The van der Waals surface area contributed by atoms with Crippen molar-refractivity contribution in [2.24, 2.45) is 0 Å². The molecule has 3 rings (SSSR count). The number of amides is 2. The molecule has 0 saturated heterocycles. The molecule has 0 aliphatic rings. The monoisotopic (exact) mass is 455 g/mol. The SMILES string of the molecule is COc1cc(NC(=O)c2ccco2)c(C(=O)OCC(=O)Nc2sccc2C#N)cc1OC. The van der Waals surface area contributed by atoms with Crippen LogP contribution >= 0.6 is 11.3 Å².